The minimum absolute atomic E-state index is 0. The van der Waals surface area contributed by atoms with Gasteiger partial charge < -0.3 is 12.3 Å². The van der Waals surface area contributed by atoms with Crippen molar-refractivity contribution in [3.8, 4) is 0 Å². The van der Waals surface area contributed by atoms with Crippen LogP contribution in [0.2, 0.25) is 0 Å². The second-order valence-electron chi connectivity index (χ2n) is 7.19. The molecule has 0 saturated carbocycles. The standard InChI is InChI=1S/C22H44.2ClH.2H3N/c1-4-6-7-8-9-10-11-12-13-14-15-16-17-18-19-20-21-22(3)5-2;;;;/h5H,4,6-21H2,1-3H3;2*1H;2*1H3. The molecule has 4 heteroatoms. The molecule has 0 bridgehead atoms. The van der Waals surface area contributed by atoms with Crippen LogP contribution in [0.15, 0.2) is 11.6 Å². The van der Waals surface area contributed by atoms with Crippen molar-refractivity contribution in [2.75, 3.05) is 0 Å². The van der Waals surface area contributed by atoms with Crippen LogP contribution in [0.4, 0.5) is 0 Å². The number of rotatable bonds is 17. The molecule has 0 aromatic carbocycles. The third kappa shape index (κ3) is 32.0. The summed E-state index contributed by atoms with van der Waals surface area (Å²) in [6, 6.07) is 0. The normalized spacial score (nSPS) is 10.2. The van der Waals surface area contributed by atoms with Crippen molar-refractivity contribution in [3.63, 3.8) is 0 Å². The van der Waals surface area contributed by atoms with Gasteiger partial charge in [0.1, 0.15) is 0 Å². The van der Waals surface area contributed by atoms with Crippen LogP contribution in [0, 0.1) is 0 Å². The Labute approximate surface area is 178 Å². The maximum absolute atomic E-state index is 2.30. The predicted octanol–water partition coefficient (Wildman–Crippen LogP) is 9.77. The van der Waals surface area contributed by atoms with Crippen molar-refractivity contribution in [2.45, 2.75) is 130 Å². The summed E-state index contributed by atoms with van der Waals surface area (Å²) in [5, 5.41) is 0. The average molecular weight is 416 g/mol. The van der Waals surface area contributed by atoms with Crippen LogP contribution < -0.4 is 12.3 Å². The smallest absolute Gasteiger partial charge is 0.0323 e. The van der Waals surface area contributed by atoms with Crippen LogP contribution in [0.3, 0.4) is 0 Å². The molecule has 0 aromatic rings. The summed E-state index contributed by atoms with van der Waals surface area (Å²) in [6.45, 7) is 6.71. The number of unbranched alkanes of at least 4 members (excludes halogenated alkanes) is 15. The van der Waals surface area contributed by atoms with Gasteiger partial charge in [0.25, 0.3) is 0 Å². The van der Waals surface area contributed by atoms with Gasteiger partial charge in [0, 0.05) is 0 Å². The highest BCUT2D eigenvalue weighted by Crippen LogP contribution is 2.14. The molecular formula is C22H52Cl2N2. The molecule has 0 atom stereocenters. The van der Waals surface area contributed by atoms with Gasteiger partial charge in [0.2, 0.25) is 0 Å². The fourth-order valence-electron chi connectivity index (χ4n) is 3.10. The molecule has 6 N–H and O–H groups in total. The van der Waals surface area contributed by atoms with Gasteiger partial charge in [-0.25, -0.2) is 0 Å². The number of hydrogen-bond acceptors (Lipinski definition) is 2. The molecule has 0 saturated heterocycles. The Morgan fingerprint density at radius 3 is 1.08 bits per heavy atom. The first-order chi connectivity index (χ1) is 10.8. The zero-order chi connectivity index (χ0) is 16.3. The summed E-state index contributed by atoms with van der Waals surface area (Å²) in [6.07, 6.45) is 26.9. The monoisotopic (exact) mass is 414 g/mol. The van der Waals surface area contributed by atoms with Crippen LogP contribution in [0.5, 0.6) is 0 Å². The van der Waals surface area contributed by atoms with Crippen LogP contribution in [-0.4, -0.2) is 0 Å². The molecule has 0 fully saturated rings. The number of halogens is 2. The molecular weight excluding hydrogens is 363 g/mol. The van der Waals surface area contributed by atoms with Gasteiger partial charge in [-0.15, -0.1) is 24.8 Å². The van der Waals surface area contributed by atoms with Crippen molar-refractivity contribution in [3.05, 3.63) is 11.6 Å². The number of hydrogen-bond donors (Lipinski definition) is 2. The largest absolute Gasteiger partial charge is 0.344 e. The first-order valence-corrected chi connectivity index (χ1v) is 10.4. The molecule has 0 aromatic heterocycles. The molecule has 0 aliphatic rings. The number of allylic oxidation sites excluding steroid dienone is 2. The van der Waals surface area contributed by atoms with Gasteiger partial charge >= 0.3 is 0 Å². The lowest BCUT2D eigenvalue weighted by atomic mass is 10.0. The van der Waals surface area contributed by atoms with Gasteiger partial charge in [-0.2, -0.15) is 0 Å². The van der Waals surface area contributed by atoms with Crippen molar-refractivity contribution in [2.24, 2.45) is 0 Å². The van der Waals surface area contributed by atoms with Crippen molar-refractivity contribution < 1.29 is 0 Å². The fourth-order valence-corrected chi connectivity index (χ4v) is 3.10. The topological polar surface area (TPSA) is 70.0 Å². The fraction of sp³-hybridized carbons (Fsp3) is 0.909. The summed E-state index contributed by atoms with van der Waals surface area (Å²) in [7, 11) is 0. The Morgan fingerprint density at radius 2 is 0.808 bits per heavy atom. The summed E-state index contributed by atoms with van der Waals surface area (Å²) in [5.41, 5.74) is 1.56. The highest BCUT2D eigenvalue weighted by molar-refractivity contribution is 5.85. The Morgan fingerprint density at radius 1 is 0.538 bits per heavy atom. The zero-order valence-electron chi connectivity index (χ0n) is 18.3. The molecule has 0 radical (unpaired) electrons. The van der Waals surface area contributed by atoms with Crippen molar-refractivity contribution >= 4 is 24.8 Å². The van der Waals surface area contributed by atoms with E-state index in [-0.39, 0.29) is 37.1 Å². The zero-order valence-corrected chi connectivity index (χ0v) is 20.0. The second kappa shape index (κ2) is 32.9. The van der Waals surface area contributed by atoms with E-state index >= 15 is 0 Å². The van der Waals surface area contributed by atoms with E-state index in [2.05, 4.69) is 26.8 Å². The Hall–Kier alpha value is 0.240. The van der Waals surface area contributed by atoms with Crippen LogP contribution >= 0.6 is 24.8 Å². The van der Waals surface area contributed by atoms with Gasteiger partial charge in [-0.05, 0) is 26.7 Å². The summed E-state index contributed by atoms with van der Waals surface area (Å²) in [5.74, 6) is 0. The lowest BCUT2D eigenvalue weighted by Crippen LogP contribution is -1.84. The molecule has 0 rings (SSSR count). The molecule has 0 heterocycles. The van der Waals surface area contributed by atoms with Gasteiger partial charge in [-0.1, -0.05) is 115 Å². The summed E-state index contributed by atoms with van der Waals surface area (Å²) >= 11 is 0. The minimum Gasteiger partial charge on any atom is -0.344 e. The van der Waals surface area contributed by atoms with E-state index in [1.165, 1.54) is 109 Å². The molecule has 0 aliphatic carbocycles. The maximum atomic E-state index is 2.30. The SMILES string of the molecule is CC=C(C)CCCCCCCCCCCCCCCCCC.Cl.Cl.N.N. The van der Waals surface area contributed by atoms with E-state index in [0.29, 0.717) is 0 Å². The molecule has 0 aliphatic heterocycles. The van der Waals surface area contributed by atoms with Gasteiger partial charge in [-0.3, -0.25) is 0 Å². The average Bonchev–Trinajstić information content (AvgIpc) is 2.54. The van der Waals surface area contributed by atoms with Gasteiger partial charge in [0.05, 0.1) is 0 Å². The molecule has 0 unspecified atom stereocenters. The van der Waals surface area contributed by atoms with E-state index in [9.17, 15) is 0 Å². The first-order valence-electron chi connectivity index (χ1n) is 10.4. The Balaban J connectivity index is -0.000000367. The third-order valence-electron chi connectivity index (χ3n) is 4.92. The highest BCUT2D eigenvalue weighted by atomic mass is 35.5. The maximum Gasteiger partial charge on any atom is -0.0323 e. The minimum atomic E-state index is 0. The summed E-state index contributed by atoms with van der Waals surface area (Å²) < 4.78 is 0. The Kier molecular flexibility index (Phi) is 46.8. The van der Waals surface area contributed by atoms with Crippen LogP contribution in [0.1, 0.15) is 130 Å². The highest BCUT2D eigenvalue weighted by Gasteiger charge is 1.95. The van der Waals surface area contributed by atoms with Crippen LogP contribution in [-0.2, 0) is 0 Å². The molecule has 0 amide bonds. The molecule has 2 nitrogen and oxygen atoms in total. The van der Waals surface area contributed by atoms with E-state index in [0.717, 1.165) is 0 Å². The lowest BCUT2D eigenvalue weighted by Gasteiger charge is -2.04. The predicted molar refractivity (Wildman–Crippen MR) is 128 cm³/mol. The second-order valence-corrected chi connectivity index (χ2v) is 7.19. The molecule has 0 spiro atoms. The molecule has 26 heavy (non-hydrogen) atoms. The van der Waals surface area contributed by atoms with Crippen molar-refractivity contribution in [1.29, 1.82) is 0 Å². The van der Waals surface area contributed by atoms with E-state index in [1.807, 2.05) is 0 Å². The quantitative estimate of drug-likeness (QED) is 0.183. The van der Waals surface area contributed by atoms with Crippen LogP contribution in [0.25, 0.3) is 0 Å². The third-order valence-corrected chi connectivity index (χ3v) is 4.92. The Bertz CT molecular complexity index is 246. The molecule has 164 valence electrons. The van der Waals surface area contributed by atoms with E-state index < -0.39 is 0 Å². The van der Waals surface area contributed by atoms with E-state index in [1.54, 1.807) is 5.57 Å². The first kappa shape index (κ1) is 37.1. The van der Waals surface area contributed by atoms with Gasteiger partial charge in [0.15, 0.2) is 0 Å². The van der Waals surface area contributed by atoms with Crippen molar-refractivity contribution in [1.82, 2.24) is 12.3 Å². The van der Waals surface area contributed by atoms with E-state index in [4.69, 9.17) is 0 Å². The summed E-state index contributed by atoms with van der Waals surface area (Å²) in [4.78, 5) is 0. The lowest BCUT2D eigenvalue weighted by molar-refractivity contribution is 0.529.